The van der Waals surface area contributed by atoms with Crippen molar-refractivity contribution >= 4 is 23.7 Å². The summed E-state index contributed by atoms with van der Waals surface area (Å²) in [6.07, 6.45) is 0.111. The van der Waals surface area contributed by atoms with E-state index in [2.05, 4.69) is 0 Å². The number of imide groups is 1. The largest absolute Gasteiger partial charge is 0.480 e. The Morgan fingerprint density at radius 1 is 0.818 bits per heavy atom. The Kier molecular flexibility index (Phi) is 5.01. The Labute approximate surface area is 189 Å². The van der Waals surface area contributed by atoms with Gasteiger partial charge in [0.15, 0.2) is 0 Å². The number of aliphatic carboxylic acids is 1. The van der Waals surface area contributed by atoms with E-state index in [-0.39, 0.29) is 17.5 Å². The number of carboxylic acids is 1. The first-order chi connectivity index (χ1) is 16.0. The van der Waals surface area contributed by atoms with Gasteiger partial charge < -0.3 is 10.0 Å². The lowest BCUT2D eigenvalue weighted by Gasteiger charge is -2.33. The third-order valence-electron chi connectivity index (χ3n) is 6.20. The summed E-state index contributed by atoms with van der Waals surface area (Å²) in [7, 11) is 0. The summed E-state index contributed by atoms with van der Waals surface area (Å²) < 4.78 is 0. The molecule has 0 saturated carbocycles. The van der Waals surface area contributed by atoms with Crippen molar-refractivity contribution in [2.24, 2.45) is 0 Å². The zero-order valence-corrected chi connectivity index (χ0v) is 17.5. The Morgan fingerprint density at radius 2 is 1.39 bits per heavy atom. The average Bonchev–Trinajstić information content (AvgIpc) is 3.01. The number of carbonyl (C=O) groups is 4. The van der Waals surface area contributed by atoms with E-state index in [0.29, 0.717) is 0 Å². The van der Waals surface area contributed by atoms with Crippen molar-refractivity contribution in [3.05, 3.63) is 107 Å². The number of benzene rings is 3. The van der Waals surface area contributed by atoms with E-state index < -0.39 is 42.3 Å². The lowest BCUT2D eigenvalue weighted by molar-refractivity contribution is -0.147. The molecule has 33 heavy (non-hydrogen) atoms. The monoisotopic (exact) mass is 440 g/mol. The van der Waals surface area contributed by atoms with E-state index in [9.17, 15) is 24.3 Å². The molecule has 0 spiro atoms. The molecule has 0 saturated heterocycles. The van der Waals surface area contributed by atoms with E-state index >= 15 is 0 Å². The molecule has 2 aliphatic rings. The van der Waals surface area contributed by atoms with Gasteiger partial charge in [0.1, 0.15) is 12.6 Å². The Balaban J connectivity index is 1.66. The minimum atomic E-state index is -1.18. The highest BCUT2D eigenvalue weighted by Gasteiger charge is 2.47. The van der Waals surface area contributed by atoms with Crippen molar-refractivity contribution in [3.8, 4) is 0 Å². The highest BCUT2D eigenvalue weighted by Crippen LogP contribution is 2.37. The first-order valence-corrected chi connectivity index (χ1v) is 10.6. The summed E-state index contributed by atoms with van der Waals surface area (Å²) >= 11 is 0. The van der Waals surface area contributed by atoms with Crippen molar-refractivity contribution < 1.29 is 24.3 Å². The summed E-state index contributed by atoms with van der Waals surface area (Å²) in [6, 6.07) is 21.2. The topological polar surface area (TPSA) is 95.0 Å². The molecule has 3 amide bonds. The van der Waals surface area contributed by atoms with Gasteiger partial charge >= 0.3 is 5.97 Å². The molecule has 0 unspecified atom stereocenters. The van der Waals surface area contributed by atoms with Crippen LogP contribution in [0.5, 0.6) is 0 Å². The molecule has 1 N–H and O–H groups in total. The Bertz CT molecular complexity index is 1250. The molecule has 164 valence electrons. The molecule has 0 fully saturated rings. The van der Waals surface area contributed by atoms with Gasteiger partial charge in [-0.2, -0.15) is 0 Å². The molecule has 0 radical (unpaired) electrons. The maximum Gasteiger partial charge on any atom is 0.323 e. The second-order valence-electron chi connectivity index (χ2n) is 8.12. The molecule has 7 heteroatoms. The molecule has 0 aliphatic carbocycles. The van der Waals surface area contributed by atoms with Gasteiger partial charge in [-0.1, -0.05) is 66.7 Å². The van der Waals surface area contributed by atoms with Crippen LogP contribution >= 0.6 is 0 Å². The van der Waals surface area contributed by atoms with Crippen molar-refractivity contribution in [2.45, 2.75) is 18.5 Å². The summed E-state index contributed by atoms with van der Waals surface area (Å²) in [6.45, 7) is -0.563. The number of carboxylic acid groups (broad SMARTS) is 1. The second kappa shape index (κ2) is 8.02. The van der Waals surface area contributed by atoms with Crippen LogP contribution in [0.25, 0.3) is 0 Å². The Morgan fingerprint density at radius 3 is 2.03 bits per heavy atom. The molecule has 3 aromatic carbocycles. The number of amides is 3. The highest BCUT2D eigenvalue weighted by molar-refractivity contribution is 6.23. The van der Waals surface area contributed by atoms with E-state index in [0.717, 1.165) is 21.6 Å². The number of hydrogen-bond acceptors (Lipinski definition) is 4. The minimum Gasteiger partial charge on any atom is -0.480 e. The fourth-order valence-corrected chi connectivity index (χ4v) is 4.77. The zero-order chi connectivity index (χ0) is 23.1. The van der Waals surface area contributed by atoms with Crippen molar-refractivity contribution in [1.82, 2.24) is 9.80 Å². The molecule has 0 aromatic heterocycles. The number of carbonyl (C=O) groups excluding carboxylic acids is 3. The summed E-state index contributed by atoms with van der Waals surface area (Å²) in [5.41, 5.74) is 2.81. The van der Waals surface area contributed by atoms with Crippen LogP contribution in [0.3, 0.4) is 0 Å². The van der Waals surface area contributed by atoms with Gasteiger partial charge in [0.2, 0.25) is 5.91 Å². The van der Waals surface area contributed by atoms with Crippen molar-refractivity contribution in [1.29, 1.82) is 0 Å². The van der Waals surface area contributed by atoms with Crippen LogP contribution in [0.1, 0.15) is 43.4 Å². The van der Waals surface area contributed by atoms with Crippen LogP contribution in [0, 0.1) is 0 Å². The fourth-order valence-electron chi connectivity index (χ4n) is 4.77. The SMILES string of the molecule is O=C(O)CN1C(=O)[C@@H](N2C(=O)c3ccccc3C2=O)Cc2ccccc2[C@H]1c1ccccc1. The number of rotatable bonds is 4. The number of fused-ring (bicyclic) bond motifs is 2. The third kappa shape index (κ3) is 3.38. The van der Waals surface area contributed by atoms with Crippen LogP contribution in [-0.4, -0.2) is 51.2 Å². The third-order valence-corrected chi connectivity index (χ3v) is 6.20. The second-order valence-corrected chi connectivity index (χ2v) is 8.12. The van der Waals surface area contributed by atoms with Crippen LogP contribution in [0.4, 0.5) is 0 Å². The maximum atomic E-state index is 13.9. The van der Waals surface area contributed by atoms with Crippen LogP contribution in [0.2, 0.25) is 0 Å². The van der Waals surface area contributed by atoms with Gasteiger partial charge in [0, 0.05) is 6.42 Å². The van der Waals surface area contributed by atoms with Gasteiger partial charge in [0.05, 0.1) is 17.2 Å². The van der Waals surface area contributed by atoms with E-state index in [1.807, 2.05) is 54.6 Å². The fraction of sp³-hybridized carbons (Fsp3) is 0.154. The zero-order valence-electron chi connectivity index (χ0n) is 17.5. The molecule has 7 nitrogen and oxygen atoms in total. The van der Waals surface area contributed by atoms with E-state index in [4.69, 9.17) is 0 Å². The standard InChI is InChI=1S/C26H20N2O5/c29-22(30)15-27-23(16-8-2-1-3-9-16)18-11-5-4-10-17(18)14-21(26(27)33)28-24(31)19-12-6-7-13-20(19)25(28)32/h1-13,21,23H,14-15H2,(H,29,30)/t21-,23+/m0/s1. The van der Waals surface area contributed by atoms with Gasteiger partial charge in [-0.05, 0) is 28.8 Å². The molecule has 2 heterocycles. The predicted octanol–water partition coefficient (Wildman–Crippen LogP) is 2.91. The lowest BCUT2D eigenvalue weighted by Crippen LogP contribution is -2.52. The van der Waals surface area contributed by atoms with Crippen molar-refractivity contribution in [2.75, 3.05) is 6.54 Å². The van der Waals surface area contributed by atoms with Gasteiger partial charge in [-0.15, -0.1) is 0 Å². The molecular weight excluding hydrogens is 420 g/mol. The quantitative estimate of drug-likeness (QED) is 0.630. The van der Waals surface area contributed by atoms with Crippen LogP contribution in [-0.2, 0) is 16.0 Å². The first-order valence-electron chi connectivity index (χ1n) is 10.6. The molecule has 0 bridgehead atoms. The van der Waals surface area contributed by atoms with Crippen molar-refractivity contribution in [3.63, 3.8) is 0 Å². The Hall–Kier alpha value is -4.26. The lowest BCUT2D eigenvalue weighted by atomic mass is 9.93. The number of hydrogen-bond donors (Lipinski definition) is 1. The van der Waals surface area contributed by atoms with Gasteiger partial charge in [-0.3, -0.25) is 24.1 Å². The predicted molar refractivity (Wildman–Crippen MR) is 119 cm³/mol. The first kappa shape index (κ1) is 20.6. The minimum absolute atomic E-state index is 0.111. The molecular formula is C26H20N2O5. The smallest absolute Gasteiger partial charge is 0.323 e. The molecule has 5 rings (SSSR count). The summed E-state index contributed by atoms with van der Waals surface area (Å²) in [5.74, 6) is -2.83. The molecule has 2 aliphatic heterocycles. The van der Waals surface area contributed by atoms with E-state index in [1.54, 1.807) is 24.3 Å². The maximum absolute atomic E-state index is 13.9. The highest BCUT2D eigenvalue weighted by atomic mass is 16.4. The average molecular weight is 440 g/mol. The van der Waals surface area contributed by atoms with E-state index in [1.165, 1.54) is 4.90 Å². The summed E-state index contributed by atoms with van der Waals surface area (Å²) in [4.78, 5) is 54.3. The van der Waals surface area contributed by atoms with Crippen LogP contribution in [0.15, 0.2) is 78.9 Å². The van der Waals surface area contributed by atoms with Gasteiger partial charge in [0.25, 0.3) is 11.8 Å². The summed E-state index contributed by atoms with van der Waals surface area (Å²) in [5, 5.41) is 9.64. The van der Waals surface area contributed by atoms with Crippen LogP contribution < -0.4 is 0 Å². The molecule has 3 aromatic rings. The number of nitrogens with zero attached hydrogens (tertiary/aromatic N) is 2. The normalized spacial score (nSPS) is 19.8. The van der Waals surface area contributed by atoms with Gasteiger partial charge in [-0.25, -0.2) is 0 Å². The molecule has 2 atom stereocenters.